The van der Waals surface area contributed by atoms with Gasteiger partial charge in [0.05, 0.1) is 0 Å². The van der Waals surface area contributed by atoms with Crippen LogP contribution in [-0.4, -0.2) is 25.8 Å². The first kappa shape index (κ1) is 18.7. The molecule has 0 fully saturated rings. The van der Waals surface area contributed by atoms with Crippen molar-refractivity contribution in [1.29, 1.82) is 0 Å². The van der Waals surface area contributed by atoms with E-state index in [1.54, 1.807) is 24.3 Å². The summed E-state index contributed by atoms with van der Waals surface area (Å²) in [5.74, 6) is -1.27. The lowest BCUT2D eigenvalue weighted by Gasteiger charge is -2.28. The molecule has 2 aromatic rings. The van der Waals surface area contributed by atoms with Gasteiger partial charge < -0.3 is 13.6 Å². The SMILES string of the molecule is CC(C)O[Si](O)(OC(C)C)c1ccc(-c2cc(F)cc(F)c2)cc1. The highest BCUT2D eigenvalue weighted by atomic mass is 28.4. The van der Waals surface area contributed by atoms with E-state index in [-0.39, 0.29) is 12.2 Å². The smallest absolute Gasteiger partial charge is 0.386 e. The summed E-state index contributed by atoms with van der Waals surface area (Å²) in [6.07, 6.45) is -0.394. The molecule has 0 heterocycles. The molecule has 0 spiro atoms. The Bertz CT molecular complexity index is 657. The molecule has 0 atom stereocenters. The molecular weight excluding hydrogens is 330 g/mol. The second-order valence-electron chi connectivity index (χ2n) is 6.15. The van der Waals surface area contributed by atoms with Crippen molar-refractivity contribution < 1.29 is 22.4 Å². The van der Waals surface area contributed by atoms with E-state index >= 15 is 0 Å². The summed E-state index contributed by atoms with van der Waals surface area (Å²) >= 11 is 0. The second kappa shape index (κ2) is 7.52. The molecule has 2 rings (SSSR count). The van der Waals surface area contributed by atoms with Crippen LogP contribution in [0.25, 0.3) is 11.1 Å². The van der Waals surface area contributed by atoms with E-state index in [1.165, 1.54) is 12.1 Å². The first-order chi connectivity index (χ1) is 11.2. The fourth-order valence-electron chi connectivity index (χ4n) is 2.40. The standard InChI is InChI=1S/C18H22F2O3Si/c1-12(2)22-24(21,23-13(3)4)18-7-5-14(6-8-18)15-9-16(19)11-17(20)10-15/h5-13,21H,1-4H3. The van der Waals surface area contributed by atoms with Crippen LogP contribution in [0.5, 0.6) is 0 Å². The fraction of sp³-hybridized carbons (Fsp3) is 0.333. The molecule has 0 saturated carbocycles. The van der Waals surface area contributed by atoms with Gasteiger partial charge in [0.1, 0.15) is 11.6 Å². The Labute approximate surface area is 142 Å². The van der Waals surface area contributed by atoms with Crippen LogP contribution >= 0.6 is 0 Å². The van der Waals surface area contributed by atoms with Gasteiger partial charge in [-0.1, -0.05) is 24.3 Å². The Hall–Kier alpha value is -1.60. The maximum Gasteiger partial charge on any atom is 0.534 e. The zero-order valence-electron chi connectivity index (χ0n) is 14.2. The number of hydrogen-bond donors (Lipinski definition) is 1. The first-order valence-corrected chi connectivity index (χ1v) is 9.61. The predicted octanol–water partition coefficient (Wildman–Crippen LogP) is 3.62. The molecule has 3 nitrogen and oxygen atoms in total. The summed E-state index contributed by atoms with van der Waals surface area (Å²) in [5, 5.41) is 0.547. The van der Waals surface area contributed by atoms with E-state index in [2.05, 4.69) is 0 Å². The number of rotatable bonds is 6. The van der Waals surface area contributed by atoms with Crippen molar-refractivity contribution in [2.24, 2.45) is 0 Å². The molecule has 24 heavy (non-hydrogen) atoms. The minimum Gasteiger partial charge on any atom is -0.386 e. The van der Waals surface area contributed by atoms with Crippen LogP contribution in [0.4, 0.5) is 8.78 Å². The predicted molar refractivity (Wildman–Crippen MR) is 91.8 cm³/mol. The molecule has 1 N–H and O–H groups in total. The topological polar surface area (TPSA) is 38.7 Å². The zero-order chi connectivity index (χ0) is 17.9. The average molecular weight is 352 g/mol. The summed E-state index contributed by atoms with van der Waals surface area (Å²) in [4.78, 5) is 10.8. The highest BCUT2D eigenvalue weighted by molar-refractivity contribution is 6.74. The Balaban J connectivity index is 2.35. The van der Waals surface area contributed by atoms with Crippen LogP contribution in [0, 0.1) is 11.6 Å². The lowest BCUT2D eigenvalue weighted by Crippen LogP contribution is -2.56. The fourth-order valence-corrected chi connectivity index (χ4v) is 4.59. The number of hydrogen-bond acceptors (Lipinski definition) is 3. The van der Waals surface area contributed by atoms with Crippen LogP contribution in [0.1, 0.15) is 27.7 Å². The van der Waals surface area contributed by atoms with Gasteiger partial charge in [-0.05, 0) is 51.0 Å². The van der Waals surface area contributed by atoms with E-state index in [0.29, 0.717) is 16.3 Å². The van der Waals surface area contributed by atoms with Crippen LogP contribution in [0.3, 0.4) is 0 Å². The maximum atomic E-state index is 13.4. The van der Waals surface area contributed by atoms with Crippen molar-refractivity contribution in [2.75, 3.05) is 0 Å². The number of benzene rings is 2. The highest BCUT2D eigenvalue weighted by Crippen LogP contribution is 2.22. The molecule has 0 saturated heterocycles. The normalized spacial score (nSPS) is 12.2. The molecule has 0 bridgehead atoms. The Kier molecular flexibility index (Phi) is 5.87. The van der Waals surface area contributed by atoms with E-state index in [4.69, 9.17) is 8.85 Å². The molecule has 0 aromatic heterocycles. The first-order valence-electron chi connectivity index (χ1n) is 7.84. The quantitative estimate of drug-likeness (QED) is 0.807. The monoisotopic (exact) mass is 352 g/mol. The van der Waals surface area contributed by atoms with Crippen LogP contribution in [0.2, 0.25) is 0 Å². The third-order valence-corrected chi connectivity index (χ3v) is 5.88. The zero-order valence-corrected chi connectivity index (χ0v) is 15.2. The van der Waals surface area contributed by atoms with Crippen molar-refractivity contribution >= 4 is 14.0 Å². The third-order valence-electron chi connectivity index (χ3n) is 3.24. The van der Waals surface area contributed by atoms with Crippen LogP contribution in [0.15, 0.2) is 42.5 Å². The van der Waals surface area contributed by atoms with E-state index < -0.39 is 20.4 Å². The molecule has 0 aliphatic rings. The summed E-state index contributed by atoms with van der Waals surface area (Å²) in [7, 11) is -3.55. The van der Waals surface area contributed by atoms with Gasteiger partial charge in [-0.2, -0.15) is 0 Å². The van der Waals surface area contributed by atoms with E-state index in [9.17, 15) is 13.6 Å². The van der Waals surface area contributed by atoms with Crippen molar-refractivity contribution in [3.8, 4) is 11.1 Å². The molecule has 0 aliphatic heterocycles. The van der Waals surface area contributed by atoms with Gasteiger partial charge in [0.15, 0.2) is 0 Å². The third kappa shape index (κ3) is 4.70. The van der Waals surface area contributed by atoms with Gasteiger partial charge in [0.25, 0.3) is 0 Å². The summed E-state index contributed by atoms with van der Waals surface area (Å²) in [6, 6.07) is 10.1. The molecule has 130 valence electrons. The van der Waals surface area contributed by atoms with Gasteiger partial charge >= 0.3 is 8.80 Å². The van der Waals surface area contributed by atoms with Crippen molar-refractivity contribution in [3.63, 3.8) is 0 Å². The summed E-state index contributed by atoms with van der Waals surface area (Å²) in [5.41, 5.74) is 1.07. The van der Waals surface area contributed by atoms with E-state index in [0.717, 1.165) is 6.07 Å². The van der Waals surface area contributed by atoms with E-state index in [1.807, 2.05) is 27.7 Å². The minimum absolute atomic E-state index is 0.197. The molecule has 0 aliphatic carbocycles. The van der Waals surface area contributed by atoms with Gasteiger partial charge in [-0.15, -0.1) is 0 Å². The van der Waals surface area contributed by atoms with Gasteiger partial charge in [0, 0.05) is 23.5 Å². The van der Waals surface area contributed by atoms with Gasteiger partial charge in [0.2, 0.25) is 0 Å². The van der Waals surface area contributed by atoms with Crippen molar-refractivity contribution in [3.05, 3.63) is 54.1 Å². The summed E-state index contributed by atoms with van der Waals surface area (Å²) in [6.45, 7) is 7.30. The van der Waals surface area contributed by atoms with Crippen LogP contribution < -0.4 is 5.19 Å². The average Bonchev–Trinajstić information content (AvgIpc) is 2.44. The van der Waals surface area contributed by atoms with Crippen LogP contribution in [-0.2, 0) is 8.85 Å². The second-order valence-corrected chi connectivity index (χ2v) is 8.36. The Morgan fingerprint density at radius 1 is 0.792 bits per heavy atom. The van der Waals surface area contributed by atoms with Crippen molar-refractivity contribution in [1.82, 2.24) is 0 Å². The Morgan fingerprint density at radius 2 is 1.25 bits per heavy atom. The molecule has 2 aromatic carbocycles. The lowest BCUT2D eigenvalue weighted by molar-refractivity contribution is 0.0605. The summed E-state index contributed by atoms with van der Waals surface area (Å²) < 4.78 is 38.1. The number of halogens is 2. The molecule has 0 radical (unpaired) electrons. The molecular formula is C18H22F2O3Si. The van der Waals surface area contributed by atoms with Gasteiger partial charge in [-0.3, -0.25) is 0 Å². The largest absolute Gasteiger partial charge is 0.534 e. The highest BCUT2D eigenvalue weighted by Gasteiger charge is 2.41. The molecule has 0 unspecified atom stereocenters. The Morgan fingerprint density at radius 3 is 1.67 bits per heavy atom. The van der Waals surface area contributed by atoms with Crippen molar-refractivity contribution in [2.45, 2.75) is 39.9 Å². The maximum absolute atomic E-state index is 13.4. The molecule has 0 amide bonds. The minimum atomic E-state index is -3.55. The van der Waals surface area contributed by atoms with Gasteiger partial charge in [-0.25, -0.2) is 8.78 Å². The lowest BCUT2D eigenvalue weighted by atomic mass is 10.1. The molecule has 6 heteroatoms.